The van der Waals surface area contributed by atoms with E-state index in [0.29, 0.717) is 18.3 Å². The maximum Gasteiger partial charge on any atom is 0.272 e. The maximum absolute atomic E-state index is 12.6. The number of ether oxygens (including phenoxy) is 1. The summed E-state index contributed by atoms with van der Waals surface area (Å²) in [6, 6.07) is 2.15. The quantitative estimate of drug-likeness (QED) is 0.708. The zero-order valence-corrected chi connectivity index (χ0v) is 15.4. The summed E-state index contributed by atoms with van der Waals surface area (Å²) in [5, 5.41) is 15.7. The van der Waals surface area contributed by atoms with Crippen molar-refractivity contribution in [3.8, 4) is 0 Å². The van der Waals surface area contributed by atoms with Crippen LogP contribution >= 0.6 is 0 Å². The normalized spacial score (nSPS) is 20.7. The number of anilines is 1. The minimum atomic E-state index is -0.133. The second-order valence-electron chi connectivity index (χ2n) is 7.24. The van der Waals surface area contributed by atoms with Crippen LogP contribution in [0.1, 0.15) is 35.8 Å². The van der Waals surface area contributed by atoms with E-state index in [1.807, 2.05) is 21.5 Å². The molecule has 0 unspecified atom stereocenters. The van der Waals surface area contributed by atoms with Crippen molar-refractivity contribution in [2.45, 2.75) is 31.3 Å². The van der Waals surface area contributed by atoms with Gasteiger partial charge in [0.2, 0.25) is 5.65 Å². The Kier molecular flexibility index (Phi) is 4.40. The lowest BCUT2D eigenvalue weighted by molar-refractivity contribution is 0.0660. The summed E-state index contributed by atoms with van der Waals surface area (Å²) in [5.41, 5.74) is 1.19. The highest BCUT2D eigenvalue weighted by Crippen LogP contribution is 2.22. The minimum absolute atomic E-state index is 0.0470. The smallest absolute Gasteiger partial charge is 0.272 e. The zero-order valence-electron chi connectivity index (χ0n) is 15.4. The number of nitrogens with zero attached hydrogens (tertiary/aromatic N) is 7. The summed E-state index contributed by atoms with van der Waals surface area (Å²) in [6.07, 6.45) is 9.82. The van der Waals surface area contributed by atoms with Crippen molar-refractivity contribution in [1.82, 2.24) is 34.7 Å². The Balaban J connectivity index is 1.23. The lowest BCUT2D eigenvalue weighted by atomic mass is 10.1. The molecule has 2 aliphatic rings. The summed E-state index contributed by atoms with van der Waals surface area (Å²) in [4.78, 5) is 19.2. The first-order valence-corrected chi connectivity index (χ1v) is 9.61. The molecular weight excluding hydrogens is 360 g/mol. The van der Waals surface area contributed by atoms with E-state index >= 15 is 0 Å². The van der Waals surface area contributed by atoms with Gasteiger partial charge in [0.1, 0.15) is 12.0 Å². The Morgan fingerprint density at radius 2 is 2.11 bits per heavy atom. The molecule has 3 aromatic rings. The van der Waals surface area contributed by atoms with Gasteiger partial charge in [-0.25, -0.2) is 4.98 Å². The Morgan fingerprint density at radius 1 is 1.21 bits per heavy atom. The first-order valence-electron chi connectivity index (χ1n) is 9.61. The molecule has 28 heavy (non-hydrogen) atoms. The Bertz CT molecular complexity index is 977. The number of rotatable bonds is 4. The number of amides is 1. The molecule has 3 aromatic heterocycles. The molecule has 1 amide bonds. The van der Waals surface area contributed by atoms with Gasteiger partial charge in [0, 0.05) is 50.9 Å². The number of carbonyl (C=O) groups is 1. The lowest BCUT2D eigenvalue weighted by Crippen LogP contribution is -2.37. The van der Waals surface area contributed by atoms with Gasteiger partial charge in [-0.1, -0.05) is 0 Å². The predicted octanol–water partition coefficient (Wildman–Crippen LogP) is 0.681. The fourth-order valence-electron chi connectivity index (χ4n) is 3.91. The third kappa shape index (κ3) is 3.19. The fourth-order valence-corrected chi connectivity index (χ4v) is 3.91. The van der Waals surface area contributed by atoms with Gasteiger partial charge >= 0.3 is 0 Å². The van der Waals surface area contributed by atoms with Crippen molar-refractivity contribution in [3.05, 3.63) is 36.7 Å². The van der Waals surface area contributed by atoms with Gasteiger partial charge in [-0.3, -0.25) is 13.9 Å². The molecule has 146 valence electrons. The molecule has 2 aliphatic heterocycles. The molecule has 5 rings (SSSR count). The van der Waals surface area contributed by atoms with Gasteiger partial charge in [-0.15, -0.1) is 10.2 Å². The van der Waals surface area contributed by atoms with E-state index in [0.717, 1.165) is 50.5 Å². The highest BCUT2D eigenvalue weighted by molar-refractivity contribution is 5.92. The van der Waals surface area contributed by atoms with E-state index in [1.54, 1.807) is 18.6 Å². The Labute approximate surface area is 161 Å². The molecule has 10 nitrogen and oxygen atoms in total. The number of hydrogen-bond donors (Lipinski definition) is 1. The molecule has 1 atom stereocenters. The van der Waals surface area contributed by atoms with Crippen LogP contribution < -0.4 is 10.2 Å². The van der Waals surface area contributed by atoms with Crippen molar-refractivity contribution in [3.63, 3.8) is 0 Å². The van der Waals surface area contributed by atoms with Crippen molar-refractivity contribution >= 4 is 17.4 Å². The molecule has 0 spiro atoms. The van der Waals surface area contributed by atoms with E-state index in [9.17, 15) is 4.79 Å². The van der Waals surface area contributed by atoms with Crippen LogP contribution in [0.25, 0.3) is 5.65 Å². The molecule has 0 bridgehead atoms. The number of hydrogen-bond acceptors (Lipinski definition) is 7. The Hall–Kier alpha value is -3.01. The number of aromatic nitrogens is 6. The molecule has 0 aromatic carbocycles. The standard InChI is InChI=1S/C18H22N8O2/c27-18(15-2-7-26(23-15)14-3-9-28-10-4-14)21-13-1-6-24(11-13)16-17-22-20-12-25(17)8-5-19-16/h2,5,7-8,12-14H,1,3-4,6,9-11H2,(H,21,27)/t13-/m1/s1. The SMILES string of the molecule is O=C(N[C@@H]1CCN(c2nccn3cnnc23)C1)c1ccn(C2CCOCC2)n1. The van der Waals surface area contributed by atoms with Gasteiger partial charge in [0.25, 0.3) is 5.91 Å². The van der Waals surface area contributed by atoms with Crippen molar-refractivity contribution in [1.29, 1.82) is 0 Å². The molecule has 0 aliphatic carbocycles. The third-order valence-electron chi connectivity index (χ3n) is 5.43. The van der Waals surface area contributed by atoms with Gasteiger partial charge < -0.3 is 15.0 Å². The van der Waals surface area contributed by atoms with Crippen LogP contribution in [0.4, 0.5) is 5.82 Å². The number of fused-ring (bicyclic) bond motifs is 1. The van der Waals surface area contributed by atoms with E-state index in [-0.39, 0.29) is 11.9 Å². The molecule has 10 heteroatoms. The van der Waals surface area contributed by atoms with Gasteiger partial charge in [-0.2, -0.15) is 5.10 Å². The molecule has 2 saturated heterocycles. The fraction of sp³-hybridized carbons (Fsp3) is 0.500. The first-order chi connectivity index (χ1) is 13.8. The molecule has 1 N–H and O–H groups in total. The number of nitrogens with one attached hydrogen (secondary N) is 1. The summed E-state index contributed by atoms with van der Waals surface area (Å²) in [6.45, 7) is 2.99. The Morgan fingerprint density at radius 3 is 3.00 bits per heavy atom. The summed E-state index contributed by atoms with van der Waals surface area (Å²) >= 11 is 0. The molecule has 0 saturated carbocycles. The molecule has 0 radical (unpaired) electrons. The minimum Gasteiger partial charge on any atom is -0.381 e. The van der Waals surface area contributed by atoms with Crippen molar-refractivity contribution in [2.75, 3.05) is 31.2 Å². The van der Waals surface area contributed by atoms with E-state index in [2.05, 4.69) is 30.5 Å². The average Bonchev–Trinajstić information content (AvgIpc) is 3.48. The summed E-state index contributed by atoms with van der Waals surface area (Å²) in [5.74, 6) is 0.659. The maximum atomic E-state index is 12.6. The van der Waals surface area contributed by atoms with Crippen LogP contribution in [0.3, 0.4) is 0 Å². The van der Waals surface area contributed by atoms with Gasteiger partial charge in [-0.05, 0) is 25.3 Å². The van der Waals surface area contributed by atoms with Crippen LogP contribution in [-0.4, -0.2) is 67.6 Å². The average molecular weight is 382 g/mol. The molecule has 2 fully saturated rings. The van der Waals surface area contributed by atoms with Crippen LogP contribution in [0.2, 0.25) is 0 Å². The van der Waals surface area contributed by atoms with Crippen molar-refractivity contribution in [2.24, 2.45) is 0 Å². The van der Waals surface area contributed by atoms with Crippen LogP contribution in [0, 0.1) is 0 Å². The second kappa shape index (κ2) is 7.19. The summed E-state index contributed by atoms with van der Waals surface area (Å²) < 4.78 is 9.13. The molecule has 5 heterocycles. The summed E-state index contributed by atoms with van der Waals surface area (Å²) in [7, 11) is 0. The number of carbonyl (C=O) groups excluding carboxylic acids is 1. The van der Waals surface area contributed by atoms with E-state index < -0.39 is 0 Å². The van der Waals surface area contributed by atoms with Crippen molar-refractivity contribution < 1.29 is 9.53 Å². The van der Waals surface area contributed by atoms with Crippen LogP contribution in [-0.2, 0) is 4.74 Å². The topological polar surface area (TPSA) is 102 Å². The predicted molar refractivity (Wildman–Crippen MR) is 100 cm³/mol. The van der Waals surface area contributed by atoms with Crippen LogP contribution in [0.5, 0.6) is 0 Å². The van der Waals surface area contributed by atoms with Gasteiger partial charge in [0.05, 0.1) is 6.04 Å². The molecular formula is C18H22N8O2. The lowest BCUT2D eigenvalue weighted by Gasteiger charge is -2.22. The third-order valence-corrected chi connectivity index (χ3v) is 5.43. The second-order valence-corrected chi connectivity index (χ2v) is 7.24. The van der Waals surface area contributed by atoms with Gasteiger partial charge in [0.15, 0.2) is 5.82 Å². The monoisotopic (exact) mass is 382 g/mol. The van der Waals surface area contributed by atoms with E-state index in [4.69, 9.17) is 4.74 Å². The van der Waals surface area contributed by atoms with Crippen LogP contribution in [0.15, 0.2) is 31.0 Å². The highest BCUT2D eigenvalue weighted by Gasteiger charge is 2.28. The van der Waals surface area contributed by atoms with E-state index in [1.165, 1.54) is 0 Å². The zero-order chi connectivity index (χ0) is 18.9. The highest BCUT2D eigenvalue weighted by atomic mass is 16.5. The first kappa shape index (κ1) is 17.1. The largest absolute Gasteiger partial charge is 0.381 e.